The third kappa shape index (κ3) is 0.701. The molecule has 13 heavy (non-hydrogen) atoms. The fourth-order valence-electron chi connectivity index (χ4n) is 0.306. The predicted molar refractivity (Wildman–Crippen MR) is 33.7 cm³/mol. The van der Waals surface area contributed by atoms with E-state index in [9.17, 15) is 0 Å². The van der Waals surface area contributed by atoms with Crippen LogP contribution in [-0.2, 0) is 10.9 Å². The fraction of sp³-hybridized carbons (Fsp3) is 0. The van der Waals surface area contributed by atoms with E-state index in [4.69, 9.17) is 31.6 Å². The van der Waals surface area contributed by atoms with E-state index in [-0.39, 0.29) is 0 Å². The number of nitriles is 6. The number of rotatable bonds is 0. The summed E-state index contributed by atoms with van der Waals surface area (Å²) in [5, 5.41) is 51.5. The van der Waals surface area contributed by atoms with Gasteiger partial charge in [0.1, 0.15) is 0 Å². The summed E-state index contributed by atoms with van der Waals surface area (Å²) in [7, 11) is -6.43. The Hall–Kier alpha value is -2.53. The second-order valence-corrected chi connectivity index (χ2v) is 8.57. The molecule has 0 atom stereocenters. The van der Waals surface area contributed by atoms with Gasteiger partial charge < -0.3 is 0 Å². The molecule has 0 aromatic carbocycles. The van der Waals surface area contributed by atoms with E-state index in [0.29, 0.717) is 0 Å². The Kier molecular flexibility index (Phi) is 1.61. The Bertz CT molecular complexity index is 387. The molecule has 0 radical (unpaired) electrons. The average Bonchev–Trinajstić information content (AvgIpc) is 2.26. The molecule has 0 aromatic rings. The molecule has 0 aliphatic carbocycles. The quantitative estimate of drug-likeness (QED) is 0.551. The summed E-state index contributed by atoms with van der Waals surface area (Å²) in [5.41, 5.74) is 0. The molecular formula is C6CrN6. The number of nitrogens with zero attached hydrogens (tertiary/aromatic N) is 6. The Labute approximate surface area is 72.6 Å². The molecular weight excluding hydrogens is 208 g/mol. The molecule has 0 saturated heterocycles. The van der Waals surface area contributed by atoms with Crippen LogP contribution in [0.5, 0.6) is 0 Å². The normalized spacial score (nSPS) is 13.4. The first-order valence-corrected chi connectivity index (χ1v) is 6.39. The SMILES string of the molecule is N#[C][Cr]([C]#N)([C]#N)([C]#N)([C]#N)[C]#N. The first-order valence-electron chi connectivity index (χ1n) is 2.57. The second kappa shape index (κ2) is 1.99. The molecule has 7 heteroatoms. The van der Waals surface area contributed by atoms with Gasteiger partial charge in [-0.05, 0) is 0 Å². The first kappa shape index (κ1) is 10.5. The van der Waals surface area contributed by atoms with Crippen LogP contribution in [0.1, 0.15) is 0 Å². The van der Waals surface area contributed by atoms with Gasteiger partial charge in [-0.25, -0.2) is 0 Å². The van der Waals surface area contributed by atoms with Gasteiger partial charge in [0.2, 0.25) is 0 Å². The summed E-state index contributed by atoms with van der Waals surface area (Å²) < 4.78 is 0. The van der Waals surface area contributed by atoms with Crippen LogP contribution in [0, 0.1) is 61.2 Å². The molecule has 0 amide bonds. The van der Waals surface area contributed by atoms with Crippen molar-refractivity contribution in [3.63, 3.8) is 0 Å². The molecule has 0 aliphatic rings. The van der Waals surface area contributed by atoms with Crippen molar-refractivity contribution in [2.45, 2.75) is 0 Å². The maximum atomic E-state index is 8.59. The van der Waals surface area contributed by atoms with Gasteiger partial charge in [0.25, 0.3) is 0 Å². The Morgan fingerprint density at radius 2 is 0.615 bits per heavy atom. The molecule has 0 unspecified atom stereocenters. The van der Waals surface area contributed by atoms with E-state index in [1.807, 2.05) is 0 Å². The average molecular weight is 208 g/mol. The molecule has 0 spiro atoms. The van der Waals surface area contributed by atoms with Gasteiger partial charge in [-0.1, -0.05) is 0 Å². The van der Waals surface area contributed by atoms with E-state index < -0.39 is 10.9 Å². The van der Waals surface area contributed by atoms with Crippen molar-refractivity contribution in [2.75, 3.05) is 0 Å². The van der Waals surface area contributed by atoms with Gasteiger partial charge in [-0.2, -0.15) is 0 Å². The standard InChI is InChI=1S/6CN.Cr/c6*1-2;. The van der Waals surface area contributed by atoms with E-state index in [1.54, 1.807) is 0 Å². The molecule has 60 valence electrons. The Morgan fingerprint density at radius 1 is 0.462 bits per heavy atom. The van der Waals surface area contributed by atoms with Gasteiger partial charge >= 0.3 is 72.1 Å². The summed E-state index contributed by atoms with van der Waals surface area (Å²) >= 11 is 0. The van der Waals surface area contributed by atoms with Crippen LogP contribution in [-0.4, -0.2) is 0 Å². The van der Waals surface area contributed by atoms with Crippen LogP contribution in [0.2, 0.25) is 0 Å². The predicted octanol–water partition coefficient (Wildman–Crippen LogP) is 0.0982. The molecule has 0 rings (SSSR count). The Balaban J connectivity index is 6.92. The van der Waals surface area contributed by atoms with Crippen molar-refractivity contribution in [1.29, 1.82) is 31.6 Å². The van der Waals surface area contributed by atoms with Crippen molar-refractivity contribution in [2.24, 2.45) is 0 Å². The van der Waals surface area contributed by atoms with Crippen LogP contribution >= 0.6 is 0 Å². The molecule has 0 saturated carbocycles. The third-order valence-corrected chi connectivity index (χ3v) is 5.65. The summed E-state index contributed by atoms with van der Waals surface area (Å²) in [6.07, 6.45) is 0. The zero-order valence-electron chi connectivity index (χ0n) is 6.09. The van der Waals surface area contributed by atoms with E-state index in [1.165, 1.54) is 0 Å². The fourth-order valence-corrected chi connectivity index (χ4v) is 1.26. The van der Waals surface area contributed by atoms with Crippen molar-refractivity contribution >= 4 is 0 Å². The van der Waals surface area contributed by atoms with Crippen molar-refractivity contribution in [1.82, 2.24) is 0 Å². The maximum absolute atomic E-state index is 8.59. The Morgan fingerprint density at radius 3 is 0.615 bits per heavy atom. The summed E-state index contributed by atoms with van der Waals surface area (Å²) in [6, 6.07) is 0. The van der Waals surface area contributed by atoms with Gasteiger partial charge in [-0.3, -0.25) is 0 Å². The molecule has 6 nitrogen and oxygen atoms in total. The summed E-state index contributed by atoms with van der Waals surface area (Å²) in [4.78, 5) is 6.31. The zero-order valence-corrected chi connectivity index (χ0v) is 7.37. The van der Waals surface area contributed by atoms with Gasteiger partial charge in [0, 0.05) is 0 Å². The molecule has 0 fully saturated rings. The van der Waals surface area contributed by atoms with Crippen LogP contribution in [0.15, 0.2) is 0 Å². The molecule has 0 aromatic heterocycles. The van der Waals surface area contributed by atoms with Crippen LogP contribution < -0.4 is 0 Å². The minimum absolute atomic E-state index is 1.05. The monoisotopic (exact) mass is 208 g/mol. The van der Waals surface area contributed by atoms with Crippen LogP contribution in [0.4, 0.5) is 0 Å². The molecule has 0 bridgehead atoms. The second-order valence-electron chi connectivity index (χ2n) is 2.08. The zero-order chi connectivity index (χ0) is 10.7. The summed E-state index contributed by atoms with van der Waals surface area (Å²) in [6.45, 7) is 0. The van der Waals surface area contributed by atoms with Crippen molar-refractivity contribution < 1.29 is 10.9 Å². The first-order chi connectivity index (χ1) is 5.97. The van der Waals surface area contributed by atoms with Gasteiger partial charge in [-0.15, -0.1) is 0 Å². The number of hydrogen-bond acceptors (Lipinski definition) is 6. The van der Waals surface area contributed by atoms with Crippen LogP contribution in [0.25, 0.3) is 0 Å². The number of hydrogen-bond donors (Lipinski definition) is 0. The van der Waals surface area contributed by atoms with Crippen LogP contribution in [0.3, 0.4) is 0 Å². The molecule has 0 heterocycles. The van der Waals surface area contributed by atoms with Crippen molar-refractivity contribution in [3.05, 3.63) is 0 Å². The molecule has 0 aliphatic heterocycles. The third-order valence-electron chi connectivity index (χ3n) is 1.37. The van der Waals surface area contributed by atoms with Gasteiger partial charge in [0.15, 0.2) is 0 Å². The topological polar surface area (TPSA) is 143 Å². The van der Waals surface area contributed by atoms with Crippen molar-refractivity contribution in [3.8, 4) is 29.6 Å². The summed E-state index contributed by atoms with van der Waals surface area (Å²) in [5.74, 6) is 0. The van der Waals surface area contributed by atoms with E-state index >= 15 is 0 Å². The van der Waals surface area contributed by atoms with E-state index in [2.05, 4.69) is 0 Å². The molecule has 0 N–H and O–H groups in total. The van der Waals surface area contributed by atoms with Gasteiger partial charge in [0.05, 0.1) is 0 Å². The van der Waals surface area contributed by atoms with E-state index in [0.717, 1.165) is 29.6 Å². The minimum atomic E-state index is -6.43.